The Morgan fingerprint density at radius 3 is 2.89 bits per heavy atom. The Hall–Kier alpha value is -0.810. The molecule has 5 heteroatoms. The van der Waals surface area contributed by atoms with Crippen LogP contribution in [0, 0.1) is 17.6 Å². The van der Waals surface area contributed by atoms with Crippen LogP contribution >= 0.6 is 15.9 Å². The average molecular weight is 332 g/mol. The van der Waals surface area contributed by atoms with Gasteiger partial charge in [-0.2, -0.15) is 0 Å². The Balaban J connectivity index is 2.00. The number of Topliss-reactive ketones (excluding diaryl/α,β-unsaturated/α-hetero) is 1. The second-order valence-corrected chi connectivity index (χ2v) is 5.81. The summed E-state index contributed by atoms with van der Waals surface area (Å²) < 4.78 is 27.5. The molecule has 19 heavy (non-hydrogen) atoms. The first kappa shape index (κ1) is 14.6. The van der Waals surface area contributed by atoms with E-state index >= 15 is 0 Å². The molecule has 0 bridgehead atoms. The van der Waals surface area contributed by atoms with Crippen molar-refractivity contribution in [3.8, 4) is 0 Å². The number of rotatable bonds is 4. The Kier molecular flexibility index (Phi) is 5.05. The maximum Gasteiger partial charge on any atom is 0.143 e. The quantitative estimate of drug-likeness (QED) is 0.858. The highest BCUT2D eigenvalue weighted by Gasteiger charge is 2.20. The molecule has 1 unspecified atom stereocenters. The van der Waals surface area contributed by atoms with Gasteiger partial charge in [0.2, 0.25) is 0 Å². The molecule has 1 fully saturated rings. The van der Waals surface area contributed by atoms with Gasteiger partial charge in [-0.1, -0.05) is 0 Å². The first-order valence-electron chi connectivity index (χ1n) is 6.42. The molecule has 0 aliphatic carbocycles. The van der Waals surface area contributed by atoms with Crippen molar-refractivity contribution in [3.63, 3.8) is 0 Å². The fourth-order valence-electron chi connectivity index (χ4n) is 2.42. The van der Waals surface area contributed by atoms with Crippen LogP contribution < -0.4 is 5.32 Å². The summed E-state index contributed by atoms with van der Waals surface area (Å²) in [5.74, 6) is -1.14. The van der Waals surface area contributed by atoms with Gasteiger partial charge in [0.15, 0.2) is 0 Å². The fourth-order valence-corrected chi connectivity index (χ4v) is 2.79. The molecule has 1 N–H and O–H groups in total. The largest absolute Gasteiger partial charge is 0.316 e. The van der Waals surface area contributed by atoms with E-state index < -0.39 is 11.6 Å². The second-order valence-electron chi connectivity index (χ2n) is 4.95. The molecule has 1 saturated heterocycles. The van der Waals surface area contributed by atoms with Crippen molar-refractivity contribution in [3.05, 3.63) is 33.8 Å². The van der Waals surface area contributed by atoms with Gasteiger partial charge in [0.25, 0.3) is 0 Å². The van der Waals surface area contributed by atoms with Gasteiger partial charge in [-0.15, -0.1) is 0 Å². The number of ketones is 1. The summed E-state index contributed by atoms with van der Waals surface area (Å²) in [6.45, 7) is 1.80. The van der Waals surface area contributed by atoms with Gasteiger partial charge in [0.05, 0.1) is 4.47 Å². The summed E-state index contributed by atoms with van der Waals surface area (Å²) in [6.07, 6.45) is 2.27. The number of halogens is 3. The molecular formula is C14H16BrF2NO. The minimum atomic E-state index is -0.671. The van der Waals surface area contributed by atoms with Crippen molar-refractivity contribution in [2.75, 3.05) is 13.1 Å². The number of hydrogen-bond acceptors (Lipinski definition) is 2. The summed E-state index contributed by atoms with van der Waals surface area (Å²) >= 11 is 3.01. The lowest BCUT2D eigenvalue weighted by Gasteiger charge is -2.22. The summed E-state index contributed by atoms with van der Waals surface area (Å²) in [5, 5.41) is 3.23. The molecule has 1 aliphatic heterocycles. The van der Waals surface area contributed by atoms with Gasteiger partial charge < -0.3 is 5.32 Å². The molecule has 0 saturated carbocycles. The van der Waals surface area contributed by atoms with Gasteiger partial charge in [-0.05, 0) is 59.9 Å². The third-order valence-electron chi connectivity index (χ3n) is 3.43. The molecular weight excluding hydrogens is 316 g/mol. The number of carbonyl (C=O) groups excluding carboxylic acids is 1. The molecule has 104 valence electrons. The van der Waals surface area contributed by atoms with E-state index in [4.69, 9.17) is 0 Å². The van der Waals surface area contributed by atoms with Crippen LogP contribution in [0.3, 0.4) is 0 Å². The smallest absolute Gasteiger partial charge is 0.143 e. The van der Waals surface area contributed by atoms with Crippen molar-refractivity contribution in [1.82, 2.24) is 5.32 Å². The molecule has 0 spiro atoms. The van der Waals surface area contributed by atoms with Gasteiger partial charge in [0, 0.05) is 18.4 Å². The molecule has 0 amide bonds. The number of benzene rings is 1. The summed E-state index contributed by atoms with van der Waals surface area (Å²) in [4.78, 5) is 11.9. The zero-order valence-electron chi connectivity index (χ0n) is 10.5. The zero-order valence-corrected chi connectivity index (χ0v) is 12.1. The predicted molar refractivity (Wildman–Crippen MR) is 73.0 cm³/mol. The van der Waals surface area contributed by atoms with Gasteiger partial charge in [-0.3, -0.25) is 4.79 Å². The third-order valence-corrected chi connectivity index (χ3v) is 4.04. The highest BCUT2D eigenvalue weighted by Crippen LogP contribution is 2.23. The number of hydrogen-bond donors (Lipinski definition) is 1. The van der Waals surface area contributed by atoms with E-state index in [9.17, 15) is 13.6 Å². The minimum absolute atomic E-state index is 0.107. The lowest BCUT2D eigenvalue weighted by atomic mass is 9.92. The first-order valence-corrected chi connectivity index (χ1v) is 7.22. The Morgan fingerprint density at radius 1 is 1.42 bits per heavy atom. The summed E-state index contributed by atoms with van der Waals surface area (Å²) in [6, 6.07) is 2.49. The zero-order chi connectivity index (χ0) is 13.8. The first-order chi connectivity index (χ1) is 9.08. The van der Waals surface area contributed by atoms with Crippen LogP contribution in [0.25, 0.3) is 0 Å². The van der Waals surface area contributed by atoms with Crippen LogP contribution in [0.2, 0.25) is 0 Å². The molecule has 1 heterocycles. The number of nitrogens with one attached hydrogen (secondary N) is 1. The normalized spacial score (nSPS) is 19.4. The summed E-state index contributed by atoms with van der Waals surface area (Å²) in [7, 11) is 0. The van der Waals surface area contributed by atoms with Gasteiger partial charge >= 0.3 is 0 Å². The SMILES string of the molecule is O=C(Cc1c(F)ccc(Br)c1F)CC1CCCNC1. The molecule has 1 aliphatic rings. The minimum Gasteiger partial charge on any atom is -0.316 e. The topological polar surface area (TPSA) is 29.1 Å². The van der Waals surface area contributed by atoms with E-state index in [1.807, 2.05) is 0 Å². The van der Waals surface area contributed by atoms with E-state index in [1.54, 1.807) is 0 Å². The van der Waals surface area contributed by atoms with Crippen LogP contribution in [0.1, 0.15) is 24.8 Å². The van der Waals surface area contributed by atoms with E-state index in [1.165, 1.54) is 12.1 Å². The standard InChI is InChI=1S/C14H16BrF2NO/c15-12-3-4-13(16)11(14(12)17)7-10(19)6-9-2-1-5-18-8-9/h3-4,9,18H,1-2,5-8H2. The van der Waals surface area contributed by atoms with E-state index in [-0.39, 0.29) is 22.2 Å². The molecule has 0 radical (unpaired) electrons. The van der Waals surface area contributed by atoms with Crippen molar-refractivity contribution < 1.29 is 13.6 Å². The van der Waals surface area contributed by atoms with E-state index in [0.29, 0.717) is 12.3 Å². The Bertz CT molecular complexity index is 473. The van der Waals surface area contributed by atoms with Gasteiger partial charge in [0.1, 0.15) is 17.4 Å². The van der Waals surface area contributed by atoms with Gasteiger partial charge in [-0.25, -0.2) is 8.78 Å². The van der Waals surface area contributed by atoms with Crippen molar-refractivity contribution in [2.24, 2.45) is 5.92 Å². The van der Waals surface area contributed by atoms with Crippen molar-refractivity contribution >= 4 is 21.7 Å². The number of carbonyl (C=O) groups is 1. The molecule has 1 aromatic rings. The van der Waals surface area contributed by atoms with Crippen LogP contribution in [0.15, 0.2) is 16.6 Å². The molecule has 0 aromatic heterocycles. The molecule has 2 rings (SSSR count). The predicted octanol–water partition coefficient (Wildman–Crippen LogP) is 3.23. The van der Waals surface area contributed by atoms with Crippen LogP contribution in [0.4, 0.5) is 8.78 Å². The van der Waals surface area contributed by atoms with Crippen LogP contribution in [-0.4, -0.2) is 18.9 Å². The third kappa shape index (κ3) is 3.83. The maximum absolute atomic E-state index is 13.7. The molecule has 1 aromatic carbocycles. The van der Waals surface area contributed by atoms with E-state index in [0.717, 1.165) is 25.9 Å². The highest BCUT2D eigenvalue weighted by molar-refractivity contribution is 9.10. The summed E-state index contributed by atoms with van der Waals surface area (Å²) in [5.41, 5.74) is -0.136. The number of piperidine rings is 1. The van der Waals surface area contributed by atoms with Crippen molar-refractivity contribution in [2.45, 2.75) is 25.7 Å². The highest BCUT2D eigenvalue weighted by atomic mass is 79.9. The van der Waals surface area contributed by atoms with Crippen LogP contribution in [-0.2, 0) is 11.2 Å². The van der Waals surface area contributed by atoms with Crippen molar-refractivity contribution in [1.29, 1.82) is 0 Å². The lowest BCUT2D eigenvalue weighted by molar-refractivity contribution is -0.119. The monoisotopic (exact) mass is 331 g/mol. The maximum atomic E-state index is 13.7. The van der Waals surface area contributed by atoms with E-state index in [2.05, 4.69) is 21.2 Å². The van der Waals surface area contributed by atoms with Crippen LogP contribution in [0.5, 0.6) is 0 Å². The molecule has 2 nitrogen and oxygen atoms in total. The Labute approximate surface area is 119 Å². The fraction of sp³-hybridized carbons (Fsp3) is 0.500. The lowest BCUT2D eigenvalue weighted by Crippen LogP contribution is -2.31. The average Bonchev–Trinajstić information content (AvgIpc) is 2.40. The molecule has 1 atom stereocenters. The second kappa shape index (κ2) is 6.57. The Morgan fingerprint density at radius 2 is 2.21 bits per heavy atom.